The van der Waals surface area contributed by atoms with Crippen LogP contribution >= 0.6 is 0 Å². The van der Waals surface area contributed by atoms with E-state index in [-0.39, 0.29) is 17.9 Å². The fourth-order valence-electron chi connectivity index (χ4n) is 3.94. The average molecular weight is 247 g/mol. The van der Waals surface area contributed by atoms with Gasteiger partial charge in [-0.15, -0.1) is 0 Å². The van der Waals surface area contributed by atoms with Crippen LogP contribution in [-0.2, 0) is 4.74 Å². The van der Waals surface area contributed by atoms with Crippen LogP contribution in [0.15, 0.2) is 30.3 Å². The van der Waals surface area contributed by atoms with Crippen LogP contribution in [0.2, 0.25) is 0 Å². The van der Waals surface area contributed by atoms with Gasteiger partial charge >= 0.3 is 6.09 Å². The molecule has 4 saturated carbocycles. The fraction of sp³-hybridized carbons (Fsp3) is 0.500. The molecule has 5 rings (SSSR count). The number of para-hydroxylation sites is 1. The molecule has 94 valence electrons. The van der Waals surface area contributed by atoms with Gasteiger partial charge in [-0.05, 0) is 24.5 Å². The minimum absolute atomic E-state index is 0.0495. The van der Waals surface area contributed by atoms with Crippen molar-refractivity contribution in [2.24, 2.45) is 23.7 Å². The van der Waals surface area contributed by atoms with Gasteiger partial charge in [0.05, 0.1) is 0 Å². The summed E-state index contributed by atoms with van der Waals surface area (Å²) in [5, 5.41) is 2.68. The van der Waals surface area contributed by atoms with Crippen molar-refractivity contribution in [1.82, 2.24) is 0 Å². The summed E-state index contributed by atoms with van der Waals surface area (Å²) in [5.41, 5.74) is 0.706. The molecular weight excluding hydrogens is 233 g/mol. The van der Waals surface area contributed by atoms with Gasteiger partial charge in [-0.25, -0.2) is 9.18 Å². The highest BCUT2D eigenvalue weighted by Crippen LogP contribution is 2.72. The molecule has 0 aromatic heterocycles. The minimum Gasteiger partial charge on any atom is -0.445 e. The third-order valence-corrected chi connectivity index (χ3v) is 4.68. The van der Waals surface area contributed by atoms with Gasteiger partial charge in [0.25, 0.3) is 0 Å². The molecule has 1 N–H and O–H groups in total. The minimum atomic E-state index is -0.741. The van der Waals surface area contributed by atoms with E-state index in [9.17, 15) is 9.18 Å². The Balaban J connectivity index is 1.40. The van der Waals surface area contributed by atoms with Gasteiger partial charge in [-0.2, -0.15) is 0 Å². The van der Waals surface area contributed by atoms with Gasteiger partial charge in [0.1, 0.15) is 12.3 Å². The highest BCUT2D eigenvalue weighted by molar-refractivity contribution is 5.84. The molecule has 0 saturated heterocycles. The average Bonchev–Trinajstić information content (AvgIpc) is 2.69. The van der Waals surface area contributed by atoms with Gasteiger partial charge in [-0.1, -0.05) is 18.2 Å². The van der Waals surface area contributed by atoms with Gasteiger partial charge in [0.2, 0.25) is 0 Å². The molecule has 0 radical (unpaired) electrons. The van der Waals surface area contributed by atoms with E-state index in [2.05, 4.69) is 5.32 Å². The van der Waals surface area contributed by atoms with Crippen molar-refractivity contribution in [3.8, 4) is 0 Å². The lowest BCUT2D eigenvalue weighted by molar-refractivity contribution is 0.0752. The second-order valence-corrected chi connectivity index (χ2v) is 5.52. The molecule has 4 bridgehead atoms. The summed E-state index contributed by atoms with van der Waals surface area (Å²) in [5.74, 6) is 0.919. The predicted octanol–water partition coefficient (Wildman–Crippen LogP) is 2.84. The number of alkyl halides is 1. The lowest BCUT2D eigenvalue weighted by Gasteiger charge is -2.17. The second-order valence-electron chi connectivity index (χ2n) is 5.52. The van der Waals surface area contributed by atoms with Crippen LogP contribution in [0.5, 0.6) is 0 Å². The quantitative estimate of drug-likeness (QED) is 0.872. The Hall–Kier alpha value is -1.58. The first-order chi connectivity index (χ1) is 8.75. The summed E-state index contributed by atoms with van der Waals surface area (Å²) in [6.07, 6.45) is -0.496. The first-order valence-electron chi connectivity index (χ1n) is 6.42. The van der Waals surface area contributed by atoms with Crippen molar-refractivity contribution in [1.29, 1.82) is 0 Å². The molecule has 6 atom stereocenters. The zero-order chi connectivity index (χ0) is 12.3. The number of hydrogen-bond acceptors (Lipinski definition) is 2. The third-order valence-electron chi connectivity index (χ3n) is 4.68. The molecule has 4 fully saturated rings. The molecule has 1 aromatic rings. The topological polar surface area (TPSA) is 38.3 Å². The highest BCUT2D eigenvalue weighted by atomic mass is 19.1. The highest BCUT2D eigenvalue weighted by Gasteiger charge is 2.75. The summed E-state index contributed by atoms with van der Waals surface area (Å²) in [7, 11) is 0. The molecular formula is C14H14FNO2. The largest absolute Gasteiger partial charge is 0.445 e. The summed E-state index contributed by atoms with van der Waals surface area (Å²) in [4.78, 5) is 11.7. The molecule has 4 heteroatoms. The molecule has 4 aliphatic carbocycles. The van der Waals surface area contributed by atoms with Crippen molar-refractivity contribution in [2.75, 3.05) is 5.32 Å². The van der Waals surface area contributed by atoms with E-state index in [0.717, 1.165) is 6.42 Å². The monoisotopic (exact) mass is 247 g/mol. The number of ether oxygens (including phenoxy) is 1. The first kappa shape index (κ1) is 10.4. The second kappa shape index (κ2) is 3.46. The van der Waals surface area contributed by atoms with Crippen LogP contribution in [0.1, 0.15) is 6.42 Å². The zero-order valence-corrected chi connectivity index (χ0v) is 9.75. The SMILES string of the molecule is O=C(Nc1ccccc1)O[C@@H]1C2C3[C@H]2C[C@H]1[C@H]3F. The molecule has 1 aromatic carbocycles. The maximum absolute atomic E-state index is 13.7. The summed E-state index contributed by atoms with van der Waals surface area (Å²) in [6, 6.07) is 9.17. The molecule has 0 spiro atoms. The predicted molar refractivity (Wildman–Crippen MR) is 63.8 cm³/mol. The smallest absolute Gasteiger partial charge is 0.411 e. The zero-order valence-electron chi connectivity index (χ0n) is 9.75. The van der Waals surface area contributed by atoms with E-state index in [1.165, 1.54) is 0 Å². The lowest BCUT2D eigenvalue weighted by Crippen LogP contribution is -2.27. The number of carbonyl (C=O) groups is 1. The number of amides is 1. The molecule has 18 heavy (non-hydrogen) atoms. The molecule has 3 nitrogen and oxygen atoms in total. The van der Waals surface area contributed by atoms with E-state index in [4.69, 9.17) is 4.74 Å². The van der Waals surface area contributed by atoms with Crippen LogP contribution in [-0.4, -0.2) is 18.4 Å². The van der Waals surface area contributed by atoms with E-state index < -0.39 is 12.3 Å². The maximum atomic E-state index is 13.7. The Morgan fingerprint density at radius 3 is 2.56 bits per heavy atom. The fourth-order valence-corrected chi connectivity index (χ4v) is 3.94. The van der Waals surface area contributed by atoms with Crippen molar-refractivity contribution < 1.29 is 13.9 Å². The first-order valence-corrected chi connectivity index (χ1v) is 6.42. The lowest BCUT2D eigenvalue weighted by atomic mass is 10.1. The third kappa shape index (κ3) is 1.32. The number of hydrogen-bond donors (Lipinski definition) is 1. The number of benzene rings is 1. The van der Waals surface area contributed by atoms with E-state index in [1.54, 1.807) is 12.1 Å². The van der Waals surface area contributed by atoms with Gasteiger partial charge in [-0.3, -0.25) is 5.32 Å². The standard InChI is InChI=1S/C14H14FNO2/c15-12-9-6-8-10(12)11(8)13(9)18-14(17)16-7-4-2-1-3-5-7/h1-5,8-13H,6H2,(H,16,17)/t8-,9+,10?,11?,12-,13+/m1/s1. The molecule has 1 amide bonds. The Morgan fingerprint density at radius 2 is 2.00 bits per heavy atom. The molecule has 4 aliphatic rings. The van der Waals surface area contributed by atoms with E-state index in [1.807, 2.05) is 18.2 Å². The van der Waals surface area contributed by atoms with Crippen LogP contribution in [0.4, 0.5) is 14.9 Å². The molecule has 0 aliphatic heterocycles. The van der Waals surface area contributed by atoms with Crippen molar-refractivity contribution >= 4 is 11.8 Å². The maximum Gasteiger partial charge on any atom is 0.411 e. The summed E-state index contributed by atoms with van der Waals surface area (Å²) in [6.45, 7) is 0. The number of rotatable bonds is 2. The number of anilines is 1. The molecule has 2 unspecified atom stereocenters. The van der Waals surface area contributed by atoms with Gasteiger partial charge in [0, 0.05) is 23.4 Å². The number of carbonyl (C=O) groups excluding carboxylic acids is 1. The van der Waals surface area contributed by atoms with Gasteiger partial charge < -0.3 is 4.74 Å². The van der Waals surface area contributed by atoms with Crippen LogP contribution in [0.25, 0.3) is 0 Å². The Morgan fingerprint density at radius 1 is 1.22 bits per heavy atom. The van der Waals surface area contributed by atoms with Crippen LogP contribution in [0, 0.1) is 23.7 Å². The summed E-state index contributed by atoms with van der Waals surface area (Å²) >= 11 is 0. The normalized spacial score (nSPS) is 42.7. The number of halogens is 1. The van der Waals surface area contributed by atoms with Crippen molar-refractivity contribution in [3.63, 3.8) is 0 Å². The van der Waals surface area contributed by atoms with Gasteiger partial charge in [0.15, 0.2) is 0 Å². The Kier molecular flexibility index (Phi) is 1.99. The van der Waals surface area contributed by atoms with Crippen LogP contribution < -0.4 is 5.32 Å². The van der Waals surface area contributed by atoms with Crippen molar-refractivity contribution in [3.05, 3.63) is 30.3 Å². The van der Waals surface area contributed by atoms with Crippen LogP contribution in [0.3, 0.4) is 0 Å². The van der Waals surface area contributed by atoms with E-state index >= 15 is 0 Å². The summed E-state index contributed by atoms with van der Waals surface area (Å²) < 4.78 is 19.1. The Bertz CT molecular complexity index is 492. The van der Waals surface area contributed by atoms with E-state index in [0.29, 0.717) is 17.5 Å². The number of nitrogens with one attached hydrogen (secondary N) is 1. The van der Waals surface area contributed by atoms with Crippen molar-refractivity contribution in [2.45, 2.75) is 18.7 Å². The Labute approximate surface area is 104 Å². The molecule has 0 heterocycles.